The Labute approximate surface area is 178 Å². The molecule has 2 aliphatic heterocycles. The van der Waals surface area contributed by atoms with Gasteiger partial charge in [-0.15, -0.1) is 0 Å². The van der Waals surface area contributed by atoms with E-state index in [1.807, 2.05) is 42.5 Å². The number of hydrogen-bond acceptors (Lipinski definition) is 4. The first kappa shape index (κ1) is 19.0. The average molecular weight is 438 g/mol. The molecule has 30 heavy (non-hydrogen) atoms. The molecule has 0 aromatic heterocycles. The largest absolute Gasteiger partial charge is 0.311 e. The monoisotopic (exact) mass is 437 g/mol. The topological polar surface area (TPSA) is 71.5 Å². The number of carbonyl (C=O) groups excluding carboxylic acids is 2. The molecule has 1 unspecified atom stereocenters. The molecule has 0 radical (unpaired) electrons. The number of rotatable bonds is 3. The molecule has 1 atom stereocenters. The molecule has 2 fully saturated rings. The summed E-state index contributed by atoms with van der Waals surface area (Å²) in [7, 11) is -4.10. The molecular weight excluding hydrogens is 422 g/mol. The molecule has 0 N–H and O–H groups in total. The van der Waals surface area contributed by atoms with Crippen molar-refractivity contribution in [2.75, 3.05) is 6.54 Å². The van der Waals surface area contributed by atoms with Crippen molar-refractivity contribution in [3.8, 4) is 0 Å². The van der Waals surface area contributed by atoms with Crippen LogP contribution >= 0.6 is 11.6 Å². The number of benzene rings is 3. The van der Waals surface area contributed by atoms with Crippen LogP contribution in [0.25, 0.3) is 16.8 Å². The second-order valence-corrected chi connectivity index (χ2v) is 10.1. The molecule has 7 heteroatoms. The summed E-state index contributed by atoms with van der Waals surface area (Å²) in [4.78, 5) is 24.8. The molecule has 2 aliphatic rings. The van der Waals surface area contributed by atoms with Gasteiger partial charge in [-0.05, 0) is 52.7 Å². The van der Waals surface area contributed by atoms with Crippen LogP contribution in [0.3, 0.4) is 0 Å². The van der Waals surface area contributed by atoms with Gasteiger partial charge < -0.3 is 4.90 Å². The molecule has 0 aliphatic carbocycles. The van der Waals surface area contributed by atoms with E-state index in [4.69, 9.17) is 11.6 Å². The van der Waals surface area contributed by atoms with Crippen LogP contribution in [-0.2, 0) is 19.4 Å². The van der Waals surface area contributed by atoms with Gasteiger partial charge in [-0.2, -0.15) is 0 Å². The first-order chi connectivity index (χ1) is 14.3. The van der Waals surface area contributed by atoms with Crippen molar-refractivity contribution in [3.63, 3.8) is 0 Å². The third kappa shape index (κ3) is 2.57. The number of halogens is 1. The third-order valence-electron chi connectivity index (χ3n) is 5.79. The Morgan fingerprint density at radius 1 is 0.933 bits per heavy atom. The summed E-state index contributed by atoms with van der Waals surface area (Å²) in [6.45, 7) is -0.0166. The number of amides is 1. The highest BCUT2D eigenvalue weighted by Gasteiger charge is 2.69. The Bertz CT molecular complexity index is 1360. The predicted molar refractivity (Wildman–Crippen MR) is 115 cm³/mol. The number of β-lactam (4-membered cyclic amide) rings is 1. The lowest BCUT2D eigenvalue weighted by Crippen LogP contribution is -2.67. The highest BCUT2D eigenvalue weighted by Crippen LogP contribution is 2.48. The average Bonchev–Trinajstić information content (AvgIpc) is 2.96. The highest BCUT2D eigenvalue weighted by atomic mass is 35.5. The first-order valence-electron chi connectivity index (χ1n) is 9.38. The zero-order chi connectivity index (χ0) is 21.1. The molecule has 0 spiro atoms. The molecule has 150 valence electrons. The fraction of sp³-hybridized carbons (Fsp3) is 0.130. The maximum absolute atomic E-state index is 13.4. The minimum absolute atomic E-state index is 0.0166. The van der Waals surface area contributed by atoms with Crippen LogP contribution in [0.15, 0.2) is 77.2 Å². The molecule has 5 rings (SSSR count). The molecule has 1 amide bonds. The second kappa shape index (κ2) is 6.52. The molecule has 2 saturated heterocycles. The van der Waals surface area contributed by atoms with E-state index in [0.717, 1.165) is 16.3 Å². The number of carbonyl (C=O) groups is 2. The Morgan fingerprint density at radius 2 is 1.63 bits per heavy atom. The molecule has 0 saturated carbocycles. The van der Waals surface area contributed by atoms with E-state index >= 15 is 0 Å². The van der Waals surface area contributed by atoms with E-state index in [1.165, 1.54) is 29.2 Å². The fourth-order valence-electron chi connectivity index (χ4n) is 4.20. The smallest absolute Gasteiger partial charge is 0.228 e. The SMILES string of the molecule is O=C1CC2(S(=O)(=O)c3ccc(Cl)cc3)C(=O)C(=Cc3ccc4ccccc4c3)CN12. The van der Waals surface area contributed by atoms with Crippen LogP contribution in [0.4, 0.5) is 0 Å². The summed E-state index contributed by atoms with van der Waals surface area (Å²) in [5.41, 5.74) is 1.10. The van der Waals surface area contributed by atoms with Crippen LogP contribution in [0.2, 0.25) is 5.02 Å². The molecule has 0 bridgehead atoms. The van der Waals surface area contributed by atoms with Gasteiger partial charge in [0.1, 0.15) is 0 Å². The summed E-state index contributed by atoms with van der Waals surface area (Å²) < 4.78 is 26.7. The number of ketones is 1. The van der Waals surface area contributed by atoms with Crippen molar-refractivity contribution in [2.45, 2.75) is 16.2 Å². The van der Waals surface area contributed by atoms with E-state index in [0.29, 0.717) is 10.6 Å². The Morgan fingerprint density at radius 3 is 2.33 bits per heavy atom. The minimum Gasteiger partial charge on any atom is -0.311 e. The van der Waals surface area contributed by atoms with Crippen LogP contribution < -0.4 is 0 Å². The molecule has 3 aromatic carbocycles. The second-order valence-electron chi connectivity index (χ2n) is 7.50. The number of nitrogens with zero attached hydrogens (tertiary/aromatic N) is 1. The lowest BCUT2D eigenvalue weighted by atomic mass is 9.98. The summed E-state index contributed by atoms with van der Waals surface area (Å²) in [5.74, 6) is -0.881. The Balaban J connectivity index is 1.58. The fourth-order valence-corrected chi connectivity index (χ4v) is 6.35. The zero-order valence-electron chi connectivity index (χ0n) is 15.7. The van der Waals surface area contributed by atoms with E-state index < -0.39 is 20.5 Å². The molecule has 2 heterocycles. The summed E-state index contributed by atoms with van der Waals surface area (Å²) in [6, 6.07) is 19.2. The lowest BCUT2D eigenvalue weighted by Gasteiger charge is -2.44. The maximum Gasteiger partial charge on any atom is 0.228 e. The molecular formula is C23H16ClNO4S. The van der Waals surface area contributed by atoms with Crippen molar-refractivity contribution < 1.29 is 18.0 Å². The van der Waals surface area contributed by atoms with Crippen molar-refractivity contribution in [3.05, 3.63) is 82.9 Å². The van der Waals surface area contributed by atoms with Crippen LogP contribution in [0.5, 0.6) is 0 Å². The van der Waals surface area contributed by atoms with Crippen molar-refractivity contribution in [2.24, 2.45) is 0 Å². The van der Waals surface area contributed by atoms with Gasteiger partial charge in [0.15, 0.2) is 0 Å². The standard InChI is InChI=1S/C23H16ClNO4S/c24-19-7-9-20(10-8-19)30(28,29)23-13-21(26)25(23)14-18(22(23)27)12-15-5-6-16-3-1-2-4-17(16)11-15/h1-12H,13-14H2. The van der Waals surface area contributed by atoms with Gasteiger partial charge in [0.2, 0.25) is 26.4 Å². The Kier molecular flexibility index (Phi) is 4.14. The first-order valence-corrected chi connectivity index (χ1v) is 11.2. The summed E-state index contributed by atoms with van der Waals surface area (Å²) in [5, 5.41) is 2.47. The van der Waals surface area contributed by atoms with Gasteiger partial charge in [0, 0.05) is 10.6 Å². The lowest BCUT2D eigenvalue weighted by molar-refractivity contribution is -0.150. The van der Waals surface area contributed by atoms with Gasteiger partial charge in [-0.1, -0.05) is 48.0 Å². The van der Waals surface area contributed by atoms with Crippen molar-refractivity contribution in [1.82, 2.24) is 4.90 Å². The highest BCUT2D eigenvalue weighted by molar-refractivity contribution is 7.93. The Hall–Kier alpha value is -2.96. The molecule has 5 nitrogen and oxygen atoms in total. The van der Waals surface area contributed by atoms with Crippen LogP contribution in [-0.4, -0.2) is 36.4 Å². The van der Waals surface area contributed by atoms with Crippen LogP contribution in [0.1, 0.15) is 12.0 Å². The van der Waals surface area contributed by atoms with E-state index in [2.05, 4.69) is 0 Å². The third-order valence-corrected chi connectivity index (χ3v) is 8.37. The minimum atomic E-state index is -4.10. The predicted octanol–water partition coefficient (Wildman–Crippen LogP) is 3.86. The number of Topliss-reactive ketones (excluding diaryl/α,β-unsaturated/α-hetero) is 1. The molecule has 3 aromatic rings. The van der Waals surface area contributed by atoms with E-state index in [-0.39, 0.29) is 23.8 Å². The number of fused-ring (bicyclic) bond motifs is 2. The number of sulfone groups is 1. The zero-order valence-corrected chi connectivity index (χ0v) is 17.3. The van der Waals surface area contributed by atoms with Gasteiger partial charge in [0.05, 0.1) is 17.9 Å². The van der Waals surface area contributed by atoms with Crippen LogP contribution in [0, 0.1) is 0 Å². The van der Waals surface area contributed by atoms with Gasteiger partial charge in [0.25, 0.3) is 0 Å². The van der Waals surface area contributed by atoms with E-state index in [1.54, 1.807) is 6.08 Å². The van der Waals surface area contributed by atoms with Gasteiger partial charge >= 0.3 is 0 Å². The summed E-state index contributed by atoms with van der Waals surface area (Å²) >= 11 is 5.87. The van der Waals surface area contributed by atoms with Crippen molar-refractivity contribution in [1.29, 1.82) is 0 Å². The van der Waals surface area contributed by atoms with Gasteiger partial charge in [-0.25, -0.2) is 8.42 Å². The number of hydrogen-bond donors (Lipinski definition) is 0. The van der Waals surface area contributed by atoms with Crippen molar-refractivity contribution >= 4 is 50.0 Å². The van der Waals surface area contributed by atoms with E-state index in [9.17, 15) is 18.0 Å². The summed E-state index contributed by atoms with van der Waals surface area (Å²) in [6.07, 6.45) is 1.34. The maximum atomic E-state index is 13.4. The quantitative estimate of drug-likeness (QED) is 0.460. The normalized spacial score (nSPS) is 22.4. The van der Waals surface area contributed by atoms with Gasteiger partial charge in [-0.3, -0.25) is 9.59 Å².